The molecule has 0 amide bonds. The number of hydrogen-bond donors (Lipinski definition) is 4. The second-order valence-electron chi connectivity index (χ2n) is 4.14. The van der Waals surface area contributed by atoms with Gasteiger partial charge in [-0.1, -0.05) is 12.8 Å². The van der Waals surface area contributed by atoms with Crippen molar-refractivity contribution in [3.63, 3.8) is 0 Å². The van der Waals surface area contributed by atoms with Crippen molar-refractivity contribution in [2.75, 3.05) is 0 Å². The Hall–Kier alpha value is -0.160. The van der Waals surface area contributed by atoms with E-state index < -0.39 is 18.3 Å². The molecule has 0 aliphatic carbocycles. The Morgan fingerprint density at radius 3 is 1.69 bits per heavy atom. The first-order valence-corrected chi connectivity index (χ1v) is 5.00. The van der Waals surface area contributed by atoms with Crippen LogP contribution in [0.5, 0.6) is 0 Å². The van der Waals surface area contributed by atoms with E-state index in [1.165, 1.54) is 0 Å². The van der Waals surface area contributed by atoms with E-state index in [-0.39, 0.29) is 12.1 Å². The van der Waals surface area contributed by atoms with Crippen molar-refractivity contribution >= 4 is 0 Å². The van der Waals surface area contributed by atoms with Crippen LogP contribution in [-0.4, -0.2) is 45.7 Å². The lowest BCUT2D eigenvalue weighted by Crippen LogP contribution is -2.63. The van der Waals surface area contributed by atoms with E-state index in [4.69, 9.17) is 0 Å². The summed E-state index contributed by atoms with van der Waals surface area (Å²) in [4.78, 5) is 0. The van der Waals surface area contributed by atoms with Gasteiger partial charge in [-0.25, -0.2) is 0 Å². The summed E-state index contributed by atoms with van der Waals surface area (Å²) < 4.78 is 0. The minimum atomic E-state index is -0.977. The molecule has 2 rings (SSSR count). The molecule has 2 bridgehead atoms. The van der Waals surface area contributed by atoms with Crippen molar-refractivity contribution in [3.05, 3.63) is 0 Å². The summed E-state index contributed by atoms with van der Waals surface area (Å²) in [6.45, 7) is 0. The van der Waals surface area contributed by atoms with E-state index in [0.29, 0.717) is 0 Å². The van der Waals surface area contributed by atoms with Crippen LogP contribution in [0.3, 0.4) is 0 Å². The van der Waals surface area contributed by atoms with Crippen LogP contribution >= 0.6 is 0 Å². The van der Waals surface area contributed by atoms with Crippen molar-refractivity contribution in [1.82, 2.24) is 5.32 Å². The number of aliphatic hydroxyl groups excluding tert-OH is 3. The maximum atomic E-state index is 9.61. The number of piperidine rings is 1. The minimum absolute atomic E-state index is 0.0362. The molecule has 4 N–H and O–H groups in total. The molecule has 2 heterocycles. The molecule has 13 heavy (non-hydrogen) atoms. The summed E-state index contributed by atoms with van der Waals surface area (Å²) >= 11 is 0. The highest BCUT2D eigenvalue weighted by atomic mass is 16.4. The first kappa shape index (κ1) is 9.40. The van der Waals surface area contributed by atoms with E-state index in [0.717, 1.165) is 25.7 Å². The van der Waals surface area contributed by atoms with E-state index in [1.807, 2.05) is 0 Å². The summed E-state index contributed by atoms with van der Waals surface area (Å²) in [6.07, 6.45) is 1.29. The van der Waals surface area contributed by atoms with Crippen LogP contribution in [0, 0.1) is 0 Å². The van der Waals surface area contributed by atoms with Gasteiger partial charge < -0.3 is 20.6 Å². The third-order valence-electron chi connectivity index (χ3n) is 3.23. The second kappa shape index (κ2) is 3.53. The van der Waals surface area contributed by atoms with Gasteiger partial charge in [0.25, 0.3) is 0 Å². The second-order valence-corrected chi connectivity index (χ2v) is 4.14. The average Bonchev–Trinajstić information content (AvgIpc) is 2.36. The predicted molar refractivity (Wildman–Crippen MR) is 47.2 cm³/mol. The monoisotopic (exact) mass is 187 g/mol. The van der Waals surface area contributed by atoms with E-state index in [1.54, 1.807) is 0 Å². The molecule has 0 aromatic rings. The molecule has 2 aliphatic rings. The van der Waals surface area contributed by atoms with E-state index >= 15 is 0 Å². The minimum Gasteiger partial charge on any atom is -0.389 e. The van der Waals surface area contributed by atoms with Crippen molar-refractivity contribution in [1.29, 1.82) is 0 Å². The van der Waals surface area contributed by atoms with Gasteiger partial charge in [-0.2, -0.15) is 0 Å². The van der Waals surface area contributed by atoms with Gasteiger partial charge in [-0.15, -0.1) is 0 Å². The Morgan fingerprint density at radius 2 is 1.23 bits per heavy atom. The standard InChI is InChI=1S/C9H17NO3/c11-7-5-3-1-2-4-6(10-5)8(12)9(7)13/h5-13H,1-4H2/t5-,6+,7-,8+,9?. The lowest BCUT2D eigenvalue weighted by molar-refractivity contribution is -0.112. The largest absolute Gasteiger partial charge is 0.389 e. The number of fused-ring (bicyclic) bond motifs is 2. The van der Waals surface area contributed by atoms with E-state index in [9.17, 15) is 15.3 Å². The molecule has 4 heteroatoms. The Balaban J connectivity index is 2.14. The summed E-state index contributed by atoms with van der Waals surface area (Å²) in [6, 6.07) is -0.0724. The maximum Gasteiger partial charge on any atom is 0.109 e. The van der Waals surface area contributed by atoms with Crippen molar-refractivity contribution in [2.45, 2.75) is 56.1 Å². The fourth-order valence-electron chi connectivity index (χ4n) is 2.39. The van der Waals surface area contributed by atoms with Crippen molar-refractivity contribution in [3.8, 4) is 0 Å². The van der Waals surface area contributed by atoms with Gasteiger partial charge in [0.15, 0.2) is 0 Å². The molecule has 0 saturated carbocycles. The first-order chi connectivity index (χ1) is 6.20. The predicted octanol–water partition coefficient (Wildman–Crippen LogP) is -1.02. The quantitative estimate of drug-likeness (QED) is 0.392. The molecule has 2 saturated heterocycles. The Labute approximate surface area is 77.6 Å². The lowest BCUT2D eigenvalue weighted by Gasteiger charge is -2.40. The van der Waals surface area contributed by atoms with Gasteiger partial charge in [0, 0.05) is 12.1 Å². The molecule has 0 radical (unpaired) electrons. The highest BCUT2D eigenvalue weighted by Crippen LogP contribution is 2.25. The van der Waals surface area contributed by atoms with Crippen LogP contribution in [-0.2, 0) is 0 Å². The van der Waals surface area contributed by atoms with Crippen LogP contribution in [0.15, 0.2) is 0 Å². The van der Waals surface area contributed by atoms with Crippen molar-refractivity contribution < 1.29 is 15.3 Å². The van der Waals surface area contributed by atoms with Gasteiger partial charge in [-0.3, -0.25) is 0 Å². The molecule has 2 fully saturated rings. The maximum absolute atomic E-state index is 9.61. The van der Waals surface area contributed by atoms with E-state index in [2.05, 4.69) is 5.32 Å². The Kier molecular flexibility index (Phi) is 2.55. The highest BCUT2D eigenvalue weighted by molar-refractivity contribution is 4.99. The fourth-order valence-corrected chi connectivity index (χ4v) is 2.39. The van der Waals surface area contributed by atoms with Crippen LogP contribution in [0.25, 0.3) is 0 Å². The van der Waals surface area contributed by atoms with Crippen LogP contribution < -0.4 is 5.32 Å². The molecule has 0 spiro atoms. The number of aliphatic hydroxyl groups is 3. The smallest absolute Gasteiger partial charge is 0.109 e. The highest BCUT2D eigenvalue weighted by Gasteiger charge is 2.42. The molecular formula is C9H17NO3. The molecule has 0 aromatic carbocycles. The molecular weight excluding hydrogens is 170 g/mol. The average molecular weight is 187 g/mol. The molecule has 4 nitrogen and oxygen atoms in total. The summed E-state index contributed by atoms with van der Waals surface area (Å²) in [5.74, 6) is 0. The van der Waals surface area contributed by atoms with Gasteiger partial charge in [0.2, 0.25) is 0 Å². The molecule has 1 unspecified atom stereocenters. The van der Waals surface area contributed by atoms with Gasteiger partial charge in [-0.05, 0) is 12.8 Å². The van der Waals surface area contributed by atoms with Crippen LogP contribution in [0.4, 0.5) is 0 Å². The lowest BCUT2D eigenvalue weighted by atomic mass is 9.89. The number of hydrogen-bond acceptors (Lipinski definition) is 4. The zero-order valence-electron chi connectivity index (χ0n) is 7.56. The SMILES string of the molecule is OC1[C@@H](O)[C@@H]2CCCC[C@@H](N2)[C@H]1O. The van der Waals surface area contributed by atoms with Crippen LogP contribution in [0.1, 0.15) is 25.7 Å². The molecule has 76 valence electrons. The third-order valence-corrected chi connectivity index (χ3v) is 3.23. The zero-order chi connectivity index (χ0) is 9.42. The molecule has 5 atom stereocenters. The van der Waals surface area contributed by atoms with Crippen molar-refractivity contribution in [2.24, 2.45) is 0 Å². The Morgan fingerprint density at radius 1 is 0.769 bits per heavy atom. The topological polar surface area (TPSA) is 72.7 Å². The normalized spacial score (nSPS) is 51.5. The summed E-state index contributed by atoms with van der Waals surface area (Å²) in [7, 11) is 0. The van der Waals surface area contributed by atoms with Gasteiger partial charge >= 0.3 is 0 Å². The fraction of sp³-hybridized carbons (Fsp3) is 1.00. The number of rotatable bonds is 0. The third kappa shape index (κ3) is 1.59. The Bertz CT molecular complexity index is 166. The van der Waals surface area contributed by atoms with Gasteiger partial charge in [0.05, 0.1) is 12.2 Å². The summed E-state index contributed by atoms with van der Waals surface area (Å²) in [5.41, 5.74) is 0. The zero-order valence-corrected chi connectivity index (χ0v) is 7.56. The molecule has 0 aromatic heterocycles. The summed E-state index contributed by atoms with van der Waals surface area (Å²) in [5, 5.41) is 31.9. The molecule has 2 aliphatic heterocycles. The number of nitrogens with one attached hydrogen (secondary N) is 1. The van der Waals surface area contributed by atoms with Crippen LogP contribution in [0.2, 0.25) is 0 Å². The first-order valence-electron chi connectivity index (χ1n) is 5.00. The van der Waals surface area contributed by atoms with Gasteiger partial charge in [0.1, 0.15) is 6.10 Å².